The maximum atomic E-state index is 5.65. The van der Waals surface area contributed by atoms with Crippen LogP contribution in [0.2, 0.25) is 0 Å². The standard InChI is InChI=1S/C13H21BrN2/c1-3-9-16(4-2)13-10-12(14)6-5-11(13)7-8-15/h5-6,10H,3-4,7-9,15H2,1-2H3. The van der Waals surface area contributed by atoms with E-state index in [-0.39, 0.29) is 0 Å². The SMILES string of the molecule is CCCN(CC)c1cc(Br)ccc1CCN. The van der Waals surface area contributed by atoms with E-state index in [1.54, 1.807) is 0 Å². The Bertz CT molecular complexity index is 326. The van der Waals surface area contributed by atoms with Crippen LogP contribution in [0.1, 0.15) is 25.8 Å². The Morgan fingerprint density at radius 1 is 1.31 bits per heavy atom. The summed E-state index contributed by atoms with van der Waals surface area (Å²) in [6.45, 7) is 7.26. The summed E-state index contributed by atoms with van der Waals surface area (Å²) in [5.41, 5.74) is 8.32. The molecule has 0 aliphatic carbocycles. The van der Waals surface area contributed by atoms with Crippen LogP contribution in [-0.4, -0.2) is 19.6 Å². The Morgan fingerprint density at radius 2 is 2.06 bits per heavy atom. The van der Waals surface area contributed by atoms with Crippen LogP contribution in [0.25, 0.3) is 0 Å². The number of hydrogen-bond donors (Lipinski definition) is 1. The summed E-state index contributed by atoms with van der Waals surface area (Å²) in [4.78, 5) is 2.41. The summed E-state index contributed by atoms with van der Waals surface area (Å²) in [5.74, 6) is 0. The Morgan fingerprint density at radius 3 is 2.62 bits per heavy atom. The molecule has 1 aromatic rings. The van der Waals surface area contributed by atoms with Gasteiger partial charge < -0.3 is 10.6 Å². The van der Waals surface area contributed by atoms with Gasteiger partial charge in [0.2, 0.25) is 0 Å². The average Bonchev–Trinajstić information content (AvgIpc) is 2.29. The van der Waals surface area contributed by atoms with Gasteiger partial charge in [0.05, 0.1) is 0 Å². The number of nitrogens with zero attached hydrogens (tertiary/aromatic N) is 1. The number of benzene rings is 1. The molecule has 2 nitrogen and oxygen atoms in total. The van der Waals surface area contributed by atoms with Crippen molar-refractivity contribution in [2.24, 2.45) is 5.73 Å². The first kappa shape index (κ1) is 13.5. The van der Waals surface area contributed by atoms with Crippen molar-refractivity contribution in [3.8, 4) is 0 Å². The van der Waals surface area contributed by atoms with Crippen molar-refractivity contribution >= 4 is 21.6 Å². The summed E-state index contributed by atoms with van der Waals surface area (Å²) in [5, 5.41) is 0. The normalized spacial score (nSPS) is 10.5. The molecule has 0 aromatic heterocycles. The summed E-state index contributed by atoms with van der Waals surface area (Å²) in [6.07, 6.45) is 2.12. The van der Waals surface area contributed by atoms with Gasteiger partial charge in [0.1, 0.15) is 0 Å². The molecule has 1 aromatic carbocycles. The molecule has 90 valence electrons. The zero-order valence-corrected chi connectivity index (χ0v) is 11.8. The van der Waals surface area contributed by atoms with E-state index in [0.29, 0.717) is 6.54 Å². The second-order valence-corrected chi connectivity index (χ2v) is 4.81. The number of anilines is 1. The van der Waals surface area contributed by atoms with Crippen LogP contribution >= 0.6 is 15.9 Å². The molecule has 0 spiro atoms. The third-order valence-electron chi connectivity index (χ3n) is 2.68. The van der Waals surface area contributed by atoms with Crippen molar-refractivity contribution in [3.63, 3.8) is 0 Å². The highest BCUT2D eigenvalue weighted by Crippen LogP contribution is 2.25. The Balaban J connectivity index is 3.01. The van der Waals surface area contributed by atoms with Crippen LogP contribution in [0.4, 0.5) is 5.69 Å². The molecule has 2 N–H and O–H groups in total. The maximum Gasteiger partial charge on any atom is 0.0410 e. The molecule has 0 fully saturated rings. The molecule has 0 radical (unpaired) electrons. The van der Waals surface area contributed by atoms with E-state index in [4.69, 9.17) is 5.73 Å². The van der Waals surface area contributed by atoms with E-state index < -0.39 is 0 Å². The minimum Gasteiger partial charge on any atom is -0.372 e. The second kappa shape index (κ2) is 6.92. The first-order valence-corrected chi connectivity index (χ1v) is 6.75. The molecule has 0 bridgehead atoms. The van der Waals surface area contributed by atoms with Gasteiger partial charge >= 0.3 is 0 Å². The van der Waals surface area contributed by atoms with Gasteiger partial charge in [0.15, 0.2) is 0 Å². The monoisotopic (exact) mass is 284 g/mol. The number of nitrogens with two attached hydrogens (primary N) is 1. The molecule has 0 unspecified atom stereocenters. The summed E-state index contributed by atoms with van der Waals surface area (Å²) in [7, 11) is 0. The Kier molecular flexibility index (Phi) is 5.85. The van der Waals surface area contributed by atoms with Crippen molar-refractivity contribution in [2.45, 2.75) is 26.7 Å². The summed E-state index contributed by atoms with van der Waals surface area (Å²) in [6, 6.07) is 6.46. The molecule has 0 atom stereocenters. The van der Waals surface area contributed by atoms with Crippen LogP contribution in [0.15, 0.2) is 22.7 Å². The van der Waals surface area contributed by atoms with Crippen molar-refractivity contribution in [2.75, 3.05) is 24.5 Å². The number of rotatable bonds is 6. The minimum absolute atomic E-state index is 0.707. The lowest BCUT2D eigenvalue weighted by Gasteiger charge is -2.25. The molecular weight excluding hydrogens is 264 g/mol. The fourth-order valence-corrected chi connectivity index (χ4v) is 2.27. The predicted octanol–water partition coefficient (Wildman–Crippen LogP) is 3.19. The smallest absolute Gasteiger partial charge is 0.0410 e. The number of hydrogen-bond acceptors (Lipinski definition) is 2. The first-order valence-electron chi connectivity index (χ1n) is 5.96. The molecule has 0 heterocycles. The summed E-state index contributed by atoms with van der Waals surface area (Å²) >= 11 is 3.54. The third kappa shape index (κ3) is 3.49. The summed E-state index contributed by atoms with van der Waals surface area (Å²) < 4.78 is 1.14. The molecule has 0 saturated heterocycles. The van der Waals surface area contributed by atoms with Gasteiger partial charge in [-0.25, -0.2) is 0 Å². The second-order valence-electron chi connectivity index (χ2n) is 3.89. The van der Waals surface area contributed by atoms with Crippen molar-refractivity contribution in [1.29, 1.82) is 0 Å². The highest BCUT2D eigenvalue weighted by molar-refractivity contribution is 9.10. The lowest BCUT2D eigenvalue weighted by atomic mass is 10.1. The van der Waals surface area contributed by atoms with Gasteiger partial charge in [-0.2, -0.15) is 0 Å². The molecule has 0 amide bonds. The lowest BCUT2D eigenvalue weighted by molar-refractivity contribution is 0.783. The predicted molar refractivity (Wildman–Crippen MR) is 75.1 cm³/mol. The minimum atomic E-state index is 0.707. The van der Waals surface area contributed by atoms with E-state index in [1.165, 1.54) is 17.7 Å². The van der Waals surface area contributed by atoms with Gasteiger partial charge in [-0.1, -0.05) is 28.9 Å². The van der Waals surface area contributed by atoms with Crippen molar-refractivity contribution < 1.29 is 0 Å². The molecular formula is C13H21BrN2. The van der Waals surface area contributed by atoms with Crippen LogP contribution in [0.3, 0.4) is 0 Å². The van der Waals surface area contributed by atoms with Crippen LogP contribution in [0, 0.1) is 0 Å². The van der Waals surface area contributed by atoms with Crippen molar-refractivity contribution in [1.82, 2.24) is 0 Å². The third-order valence-corrected chi connectivity index (χ3v) is 3.17. The zero-order chi connectivity index (χ0) is 12.0. The van der Waals surface area contributed by atoms with Crippen LogP contribution < -0.4 is 10.6 Å². The molecule has 0 aliphatic rings. The Labute approximate surface area is 107 Å². The highest BCUT2D eigenvalue weighted by atomic mass is 79.9. The lowest BCUT2D eigenvalue weighted by Crippen LogP contribution is -2.25. The first-order chi connectivity index (χ1) is 7.72. The topological polar surface area (TPSA) is 29.3 Å². The molecule has 1 rings (SSSR count). The largest absolute Gasteiger partial charge is 0.372 e. The van der Waals surface area contributed by atoms with E-state index in [0.717, 1.165) is 24.0 Å². The molecule has 0 aliphatic heterocycles. The van der Waals surface area contributed by atoms with E-state index >= 15 is 0 Å². The van der Waals surface area contributed by atoms with Gasteiger partial charge in [-0.3, -0.25) is 0 Å². The molecule has 3 heteroatoms. The zero-order valence-electron chi connectivity index (χ0n) is 10.2. The Hall–Kier alpha value is -0.540. The average molecular weight is 285 g/mol. The van der Waals surface area contributed by atoms with E-state index in [9.17, 15) is 0 Å². The highest BCUT2D eigenvalue weighted by Gasteiger charge is 2.09. The quantitative estimate of drug-likeness (QED) is 0.869. The molecule has 16 heavy (non-hydrogen) atoms. The van der Waals surface area contributed by atoms with Crippen LogP contribution in [-0.2, 0) is 6.42 Å². The van der Waals surface area contributed by atoms with Gasteiger partial charge in [-0.05, 0) is 44.0 Å². The van der Waals surface area contributed by atoms with E-state index in [1.807, 2.05) is 0 Å². The fraction of sp³-hybridized carbons (Fsp3) is 0.538. The van der Waals surface area contributed by atoms with Gasteiger partial charge in [-0.15, -0.1) is 0 Å². The fourth-order valence-electron chi connectivity index (χ4n) is 1.92. The van der Waals surface area contributed by atoms with Gasteiger partial charge in [0, 0.05) is 23.2 Å². The maximum absolute atomic E-state index is 5.65. The number of halogens is 1. The van der Waals surface area contributed by atoms with Crippen LogP contribution in [0.5, 0.6) is 0 Å². The van der Waals surface area contributed by atoms with Crippen molar-refractivity contribution in [3.05, 3.63) is 28.2 Å². The van der Waals surface area contributed by atoms with E-state index in [2.05, 4.69) is 52.9 Å². The molecule has 0 saturated carbocycles. The van der Waals surface area contributed by atoms with Gasteiger partial charge in [0.25, 0.3) is 0 Å².